The molecule has 0 spiro atoms. The first-order valence-electron chi connectivity index (χ1n) is 8.37. The zero-order chi connectivity index (χ0) is 17.1. The normalized spacial score (nSPS) is 18.3. The molecule has 0 radical (unpaired) electrons. The minimum atomic E-state index is -0.322. The number of amides is 1. The zero-order valence-corrected chi connectivity index (χ0v) is 14.3. The summed E-state index contributed by atoms with van der Waals surface area (Å²) in [5.74, 6) is 1.75. The predicted molar refractivity (Wildman–Crippen MR) is 85.6 cm³/mol. The molecule has 1 amide bonds. The SMILES string of the molecule is CCCc1nc([C@H]2CN(C(=O)c3cc(C(C)C)no3)CCO2)n[nH]1. The Morgan fingerprint density at radius 2 is 2.33 bits per heavy atom. The Balaban J connectivity index is 1.68. The molecule has 3 rings (SSSR count). The van der Waals surface area contributed by atoms with Gasteiger partial charge >= 0.3 is 0 Å². The molecule has 2 aromatic heterocycles. The number of aryl methyl sites for hydroxylation is 1. The number of aromatic amines is 1. The first-order chi connectivity index (χ1) is 11.6. The van der Waals surface area contributed by atoms with Gasteiger partial charge in [-0.15, -0.1) is 0 Å². The van der Waals surface area contributed by atoms with Crippen molar-refractivity contribution in [3.05, 3.63) is 29.2 Å². The summed E-state index contributed by atoms with van der Waals surface area (Å²) in [4.78, 5) is 18.8. The molecule has 0 aliphatic carbocycles. The number of rotatable bonds is 5. The molecule has 8 heteroatoms. The van der Waals surface area contributed by atoms with Crippen molar-refractivity contribution in [2.75, 3.05) is 19.7 Å². The zero-order valence-electron chi connectivity index (χ0n) is 14.3. The number of ether oxygens (including phenoxy) is 1. The lowest BCUT2D eigenvalue weighted by atomic mass is 10.1. The van der Waals surface area contributed by atoms with Crippen molar-refractivity contribution in [3.8, 4) is 0 Å². The summed E-state index contributed by atoms with van der Waals surface area (Å²) in [6.07, 6.45) is 1.52. The minimum Gasteiger partial charge on any atom is -0.366 e. The highest BCUT2D eigenvalue weighted by Gasteiger charge is 2.30. The summed E-state index contributed by atoms with van der Waals surface area (Å²) in [7, 11) is 0. The van der Waals surface area contributed by atoms with Gasteiger partial charge in [0.15, 0.2) is 5.82 Å². The van der Waals surface area contributed by atoms with Gasteiger partial charge in [0, 0.05) is 19.0 Å². The number of carbonyl (C=O) groups is 1. The van der Waals surface area contributed by atoms with Gasteiger partial charge in [-0.25, -0.2) is 4.98 Å². The minimum absolute atomic E-state index is 0.174. The topological polar surface area (TPSA) is 97.1 Å². The molecule has 24 heavy (non-hydrogen) atoms. The van der Waals surface area contributed by atoms with Crippen molar-refractivity contribution in [2.45, 2.75) is 45.6 Å². The van der Waals surface area contributed by atoms with Crippen LogP contribution >= 0.6 is 0 Å². The van der Waals surface area contributed by atoms with E-state index in [0.717, 1.165) is 24.4 Å². The van der Waals surface area contributed by atoms with E-state index >= 15 is 0 Å². The smallest absolute Gasteiger partial charge is 0.292 e. The molecule has 130 valence electrons. The van der Waals surface area contributed by atoms with Gasteiger partial charge in [0.2, 0.25) is 5.76 Å². The molecule has 0 saturated carbocycles. The van der Waals surface area contributed by atoms with Gasteiger partial charge in [0.25, 0.3) is 5.91 Å². The lowest BCUT2D eigenvalue weighted by Gasteiger charge is -2.30. The molecule has 1 N–H and O–H groups in total. The van der Waals surface area contributed by atoms with Crippen molar-refractivity contribution in [3.63, 3.8) is 0 Å². The van der Waals surface area contributed by atoms with E-state index in [-0.39, 0.29) is 23.7 Å². The van der Waals surface area contributed by atoms with Crippen LogP contribution in [0.15, 0.2) is 10.6 Å². The van der Waals surface area contributed by atoms with Crippen LogP contribution in [0.2, 0.25) is 0 Å². The van der Waals surface area contributed by atoms with Crippen LogP contribution in [0.3, 0.4) is 0 Å². The molecular formula is C16H23N5O3. The Hall–Kier alpha value is -2.22. The number of aromatic nitrogens is 4. The van der Waals surface area contributed by atoms with E-state index in [2.05, 4.69) is 27.3 Å². The number of H-pyrrole nitrogens is 1. The Bertz CT molecular complexity index is 693. The van der Waals surface area contributed by atoms with Gasteiger partial charge in [-0.05, 0) is 12.3 Å². The third-order valence-electron chi connectivity index (χ3n) is 4.01. The molecule has 1 aliphatic heterocycles. The van der Waals surface area contributed by atoms with E-state index in [1.54, 1.807) is 11.0 Å². The highest BCUT2D eigenvalue weighted by Crippen LogP contribution is 2.22. The summed E-state index contributed by atoms with van der Waals surface area (Å²) in [5, 5.41) is 11.1. The number of nitrogens with zero attached hydrogens (tertiary/aromatic N) is 4. The molecule has 0 unspecified atom stereocenters. The van der Waals surface area contributed by atoms with Crippen LogP contribution in [-0.4, -0.2) is 50.8 Å². The van der Waals surface area contributed by atoms with Crippen LogP contribution in [0.4, 0.5) is 0 Å². The van der Waals surface area contributed by atoms with Gasteiger partial charge in [-0.1, -0.05) is 25.9 Å². The van der Waals surface area contributed by atoms with Crippen LogP contribution in [0.5, 0.6) is 0 Å². The molecular weight excluding hydrogens is 310 g/mol. The number of morpholine rings is 1. The lowest BCUT2D eigenvalue weighted by Crippen LogP contribution is -2.42. The van der Waals surface area contributed by atoms with E-state index in [4.69, 9.17) is 9.26 Å². The average molecular weight is 333 g/mol. The Kier molecular flexibility index (Phi) is 4.94. The fourth-order valence-electron chi connectivity index (χ4n) is 2.61. The first kappa shape index (κ1) is 16.6. The molecule has 1 aliphatic rings. The summed E-state index contributed by atoms with van der Waals surface area (Å²) >= 11 is 0. The van der Waals surface area contributed by atoms with Gasteiger partial charge in [-0.2, -0.15) is 5.10 Å². The van der Waals surface area contributed by atoms with Crippen molar-refractivity contribution < 1.29 is 14.1 Å². The fourth-order valence-corrected chi connectivity index (χ4v) is 2.61. The van der Waals surface area contributed by atoms with E-state index < -0.39 is 0 Å². The first-order valence-corrected chi connectivity index (χ1v) is 8.37. The van der Waals surface area contributed by atoms with Crippen LogP contribution in [-0.2, 0) is 11.2 Å². The summed E-state index contributed by atoms with van der Waals surface area (Å²) in [6, 6.07) is 1.71. The Labute approximate surface area is 140 Å². The fraction of sp³-hybridized carbons (Fsp3) is 0.625. The van der Waals surface area contributed by atoms with E-state index in [1.807, 2.05) is 13.8 Å². The molecule has 1 fully saturated rings. The van der Waals surface area contributed by atoms with E-state index in [9.17, 15) is 4.79 Å². The van der Waals surface area contributed by atoms with Gasteiger partial charge in [0.05, 0.1) is 18.8 Å². The van der Waals surface area contributed by atoms with E-state index in [0.29, 0.717) is 25.5 Å². The maximum absolute atomic E-state index is 12.6. The maximum atomic E-state index is 12.6. The quantitative estimate of drug-likeness (QED) is 0.900. The number of hydrogen-bond donors (Lipinski definition) is 1. The van der Waals surface area contributed by atoms with Gasteiger partial charge in [-0.3, -0.25) is 9.89 Å². The second kappa shape index (κ2) is 7.12. The van der Waals surface area contributed by atoms with Crippen LogP contribution in [0, 0.1) is 0 Å². The third-order valence-corrected chi connectivity index (χ3v) is 4.01. The monoisotopic (exact) mass is 333 g/mol. The highest BCUT2D eigenvalue weighted by atomic mass is 16.5. The molecule has 8 nitrogen and oxygen atoms in total. The lowest BCUT2D eigenvalue weighted by molar-refractivity contribution is -0.0278. The van der Waals surface area contributed by atoms with Crippen LogP contribution in [0.25, 0.3) is 0 Å². The summed E-state index contributed by atoms with van der Waals surface area (Å²) < 4.78 is 10.9. The van der Waals surface area contributed by atoms with Gasteiger partial charge in [0.1, 0.15) is 11.9 Å². The Morgan fingerprint density at radius 3 is 3.04 bits per heavy atom. The number of hydrogen-bond acceptors (Lipinski definition) is 6. The second-order valence-electron chi connectivity index (χ2n) is 6.27. The predicted octanol–water partition coefficient (Wildman–Crippen LogP) is 2.08. The van der Waals surface area contributed by atoms with Crippen molar-refractivity contribution >= 4 is 5.91 Å². The highest BCUT2D eigenvalue weighted by molar-refractivity contribution is 5.91. The maximum Gasteiger partial charge on any atom is 0.292 e. The Morgan fingerprint density at radius 1 is 1.50 bits per heavy atom. The summed E-state index contributed by atoms with van der Waals surface area (Å²) in [6.45, 7) is 7.46. The van der Waals surface area contributed by atoms with Crippen molar-refractivity contribution in [2.24, 2.45) is 0 Å². The largest absolute Gasteiger partial charge is 0.366 e. The van der Waals surface area contributed by atoms with Crippen molar-refractivity contribution in [1.29, 1.82) is 0 Å². The van der Waals surface area contributed by atoms with E-state index in [1.165, 1.54) is 0 Å². The molecule has 1 saturated heterocycles. The average Bonchev–Trinajstić information content (AvgIpc) is 3.24. The molecule has 1 atom stereocenters. The number of carbonyl (C=O) groups excluding carboxylic acids is 1. The number of nitrogens with one attached hydrogen (secondary N) is 1. The van der Waals surface area contributed by atoms with Crippen LogP contribution < -0.4 is 0 Å². The molecule has 0 bridgehead atoms. The molecule has 0 aromatic carbocycles. The second-order valence-corrected chi connectivity index (χ2v) is 6.27. The summed E-state index contributed by atoms with van der Waals surface area (Å²) in [5.41, 5.74) is 0.779. The third kappa shape index (κ3) is 3.48. The molecule has 2 aromatic rings. The van der Waals surface area contributed by atoms with Crippen molar-refractivity contribution in [1.82, 2.24) is 25.2 Å². The molecule has 3 heterocycles. The van der Waals surface area contributed by atoms with Crippen LogP contribution in [0.1, 0.15) is 67.1 Å². The van der Waals surface area contributed by atoms with Gasteiger partial charge < -0.3 is 14.2 Å². The standard InChI is InChI=1S/C16H23N5O3/c1-4-5-14-17-15(19-18-14)13-9-21(6-7-23-13)16(22)12-8-11(10(2)3)20-24-12/h8,10,13H,4-7,9H2,1-3H3,(H,17,18,19)/t13-/m1/s1.